The summed E-state index contributed by atoms with van der Waals surface area (Å²) in [6.45, 7) is 14.2. The summed E-state index contributed by atoms with van der Waals surface area (Å²) in [7, 11) is 15.8. The van der Waals surface area contributed by atoms with Crippen molar-refractivity contribution in [3.05, 3.63) is 23.3 Å². The first-order valence-electron chi connectivity index (χ1n) is 8.51. The van der Waals surface area contributed by atoms with Gasteiger partial charge in [-0.15, -0.1) is 44.6 Å². The van der Waals surface area contributed by atoms with E-state index in [-0.39, 0.29) is 44.2 Å². The maximum absolute atomic E-state index is 5.97. The van der Waals surface area contributed by atoms with Crippen LogP contribution in [0, 0.1) is 5.41 Å². The van der Waals surface area contributed by atoms with Crippen molar-refractivity contribution in [1.29, 1.82) is 0 Å². The van der Waals surface area contributed by atoms with Crippen LogP contribution in [0.3, 0.4) is 0 Å². The van der Waals surface area contributed by atoms with E-state index in [2.05, 4.69) is 98.3 Å². The second-order valence-electron chi connectivity index (χ2n) is 8.33. The van der Waals surface area contributed by atoms with E-state index in [0.717, 1.165) is 0 Å². The third-order valence-electron chi connectivity index (χ3n) is 6.39. The van der Waals surface area contributed by atoms with Crippen molar-refractivity contribution in [2.45, 2.75) is 52.4 Å². The standard InChI is InChI=1S/C15H24N2.H10P10S/c1-13(2)9-7-11(16)12(17)8-10(9)14(3,4)15(13,5)6;1-7(2)9(5)10(6-11)8(3)4/h7-8H,16-17H2,1-6H3;1-5H2. The van der Waals surface area contributed by atoms with Crippen LogP contribution in [0.2, 0.25) is 0 Å². The van der Waals surface area contributed by atoms with Gasteiger partial charge in [-0.1, -0.05) is 53.3 Å². The molecule has 0 aromatic heterocycles. The molecular weight excluding hydrogens is 550 g/mol. The molecule has 0 aliphatic heterocycles. The van der Waals surface area contributed by atoms with Crippen LogP contribution in [0.1, 0.15) is 52.7 Å². The lowest BCUT2D eigenvalue weighted by molar-refractivity contribution is 0.125. The van der Waals surface area contributed by atoms with Crippen LogP contribution >= 0.6 is 79.6 Å². The average Bonchev–Trinajstić information content (AvgIpc) is 2.65. The number of hydrogen-bond acceptors (Lipinski definition) is 3. The number of benzene rings is 1. The first-order valence-corrected chi connectivity index (χ1v) is 26.7. The molecule has 7 atom stereocenters. The SMILES string of the molecule is CC1(C)c2cc(N)c(N)cc2C(C)(C)C1(C)C.PP(P)P(P)P(P=S)P(P)P. The Bertz CT molecular complexity index is 680. The van der Waals surface area contributed by atoms with Gasteiger partial charge >= 0.3 is 0 Å². The van der Waals surface area contributed by atoms with E-state index >= 15 is 0 Å². The lowest BCUT2D eigenvalue weighted by atomic mass is 9.59. The van der Waals surface area contributed by atoms with Gasteiger partial charge in [0.15, 0.2) is 0 Å². The lowest BCUT2D eigenvalue weighted by Crippen LogP contribution is -2.42. The Morgan fingerprint density at radius 3 is 1.36 bits per heavy atom. The minimum atomic E-state index is 0.0433. The zero-order valence-corrected chi connectivity index (χ0v) is 28.4. The van der Waals surface area contributed by atoms with Gasteiger partial charge in [0.25, 0.3) is 0 Å². The quantitative estimate of drug-likeness (QED) is 0.274. The van der Waals surface area contributed by atoms with Gasteiger partial charge in [-0.05, 0) is 60.5 Å². The molecule has 0 radical (unpaired) electrons. The predicted molar refractivity (Wildman–Crippen MR) is 166 cm³/mol. The highest BCUT2D eigenvalue weighted by molar-refractivity contribution is 9.16. The number of nitrogen functional groups attached to an aromatic ring is 2. The van der Waals surface area contributed by atoms with Gasteiger partial charge in [0.05, 0.1) is 11.4 Å². The fourth-order valence-electron chi connectivity index (χ4n) is 3.40. The number of rotatable bonds is 4. The first-order chi connectivity index (χ1) is 12.5. The number of fused-ring (bicyclic) bond motifs is 1. The van der Waals surface area contributed by atoms with Crippen LogP contribution in [0.5, 0.6) is 0 Å². The van der Waals surface area contributed by atoms with Crippen molar-refractivity contribution in [2.75, 3.05) is 11.5 Å². The molecule has 7 unspecified atom stereocenters. The smallest absolute Gasteiger partial charge is 0.0550 e. The van der Waals surface area contributed by atoms with Gasteiger partial charge in [-0.2, -0.15) is 0 Å². The van der Waals surface area contributed by atoms with Crippen LogP contribution in [-0.4, -0.2) is 0 Å². The highest BCUT2D eigenvalue weighted by Crippen LogP contribution is 3.09. The highest BCUT2D eigenvalue weighted by atomic mass is 33.2. The summed E-state index contributed by atoms with van der Waals surface area (Å²) in [5.74, 6) is 0. The van der Waals surface area contributed by atoms with E-state index < -0.39 is 0 Å². The molecule has 1 aromatic carbocycles. The number of nitrogens with two attached hydrogens (primary N) is 2. The molecule has 0 bridgehead atoms. The maximum atomic E-state index is 5.97. The van der Waals surface area contributed by atoms with Crippen molar-refractivity contribution in [2.24, 2.45) is 5.41 Å². The minimum absolute atomic E-state index is 0.0433. The molecule has 0 amide bonds. The molecule has 0 heterocycles. The zero-order valence-electron chi connectivity index (χ0n) is 17.3. The molecule has 2 nitrogen and oxygen atoms in total. The molecule has 1 aromatic rings. The van der Waals surface area contributed by atoms with Crippen LogP contribution in [0.15, 0.2) is 12.1 Å². The van der Waals surface area contributed by atoms with E-state index in [9.17, 15) is 0 Å². The van der Waals surface area contributed by atoms with Crippen molar-refractivity contribution < 1.29 is 0 Å². The average molecular weight is 584 g/mol. The zero-order chi connectivity index (χ0) is 22.2. The van der Waals surface area contributed by atoms with Gasteiger partial charge < -0.3 is 11.5 Å². The van der Waals surface area contributed by atoms with Gasteiger partial charge in [-0.25, -0.2) is 0 Å². The molecule has 4 N–H and O–H groups in total. The molecule has 28 heavy (non-hydrogen) atoms. The molecular formula is C15H34N2P10S. The van der Waals surface area contributed by atoms with Gasteiger partial charge in [0.1, 0.15) is 0 Å². The fraction of sp³-hybridized carbons (Fsp3) is 0.600. The van der Waals surface area contributed by atoms with Gasteiger partial charge in [0, 0.05) is 14.0 Å². The fourth-order valence-corrected chi connectivity index (χ4v) is 70.6. The Balaban J connectivity index is 0.000000311. The lowest BCUT2D eigenvalue weighted by Gasteiger charge is -2.44. The molecule has 2 rings (SSSR count). The Labute approximate surface area is 194 Å². The number of hydrogen-bond donors (Lipinski definition) is 2. The Hall–Kier alpha value is 3.21. The predicted octanol–water partition coefficient (Wildman–Crippen LogP) is 9.38. The minimum Gasteiger partial charge on any atom is -0.397 e. The molecule has 0 spiro atoms. The molecule has 13 heteroatoms. The molecule has 0 fully saturated rings. The summed E-state index contributed by atoms with van der Waals surface area (Å²) in [4.78, 5) is 0. The molecule has 1 aliphatic carbocycles. The van der Waals surface area contributed by atoms with Crippen molar-refractivity contribution >= 4 is 103 Å². The highest BCUT2D eigenvalue weighted by Gasteiger charge is 2.56. The number of anilines is 2. The summed E-state index contributed by atoms with van der Waals surface area (Å²) >= 11 is 5.13. The van der Waals surface area contributed by atoms with E-state index in [4.69, 9.17) is 23.3 Å². The summed E-state index contributed by atoms with van der Waals surface area (Å²) in [5.41, 5.74) is 16.4. The second-order valence-corrected chi connectivity index (χ2v) is 45.5. The van der Waals surface area contributed by atoms with Gasteiger partial charge in [-0.3, -0.25) is 0 Å². The molecule has 160 valence electrons. The summed E-state index contributed by atoms with van der Waals surface area (Å²) in [6.07, 6.45) is 0. The topological polar surface area (TPSA) is 52.0 Å². The maximum Gasteiger partial charge on any atom is 0.0550 e. The van der Waals surface area contributed by atoms with E-state index in [1.165, 1.54) is 18.2 Å². The molecule has 1 aliphatic rings. The van der Waals surface area contributed by atoms with Crippen LogP contribution in [0.4, 0.5) is 11.4 Å². The van der Waals surface area contributed by atoms with Crippen molar-refractivity contribution in [3.8, 4) is 0 Å². The van der Waals surface area contributed by atoms with Crippen LogP contribution < -0.4 is 11.5 Å². The molecule has 0 saturated carbocycles. The largest absolute Gasteiger partial charge is 0.397 e. The van der Waals surface area contributed by atoms with E-state index in [1.807, 2.05) is 0 Å². The summed E-state index contributed by atoms with van der Waals surface area (Å²) < 4.78 is 0. The summed E-state index contributed by atoms with van der Waals surface area (Å²) in [5, 5.41) is 0. The Kier molecular flexibility index (Phi) is 11.6. The van der Waals surface area contributed by atoms with Crippen LogP contribution in [-0.2, 0) is 22.6 Å². The van der Waals surface area contributed by atoms with Crippen molar-refractivity contribution in [3.63, 3.8) is 0 Å². The van der Waals surface area contributed by atoms with Crippen molar-refractivity contribution in [1.82, 2.24) is 0 Å². The van der Waals surface area contributed by atoms with Crippen LogP contribution in [0.25, 0.3) is 0 Å². The Morgan fingerprint density at radius 2 is 1.14 bits per heavy atom. The molecule has 0 saturated heterocycles. The van der Waals surface area contributed by atoms with E-state index in [0.29, 0.717) is 11.4 Å². The first kappa shape index (κ1) is 29.2. The second kappa shape index (κ2) is 11.1. The van der Waals surface area contributed by atoms with Gasteiger partial charge in [0.2, 0.25) is 0 Å². The summed E-state index contributed by atoms with van der Waals surface area (Å²) in [6, 6.07) is 4.14. The monoisotopic (exact) mass is 584 g/mol. The van der Waals surface area contributed by atoms with E-state index in [1.54, 1.807) is 0 Å². The Morgan fingerprint density at radius 1 is 0.786 bits per heavy atom. The third-order valence-corrected chi connectivity index (χ3v) is 62.4. The normalized spacial score (nSPS) is 21.2. The third kappa shape index (κ3) is 5.82.